The highest BCUT2D eigenvalue weighted by molar-refractivity contribution is 5.96. The number of aliphatic carboxylic acids is 1. The molecule has 2 saturated carbocycles. The number of amides is 2. The number of nitrogens with one attached hydrogen (secondary N) is 1. The Balaban J connectivity index is 1.52. The van der Waals surface area contributed by atoms with Gasteiger partial charge in [-0.25, -0.2) is 4.79 Å². The number of para-hydroxylation sites is 1. The van der Waals surface area contributed by atoms with Crippen molar-refractivity contribution in [2.75, 3.05) is 4.90 Å². The van der Waals surface area contributed by atoms with Crippen molar-refractivity contribution in [3.63, 3.8) is 0 Å². The average Bonchev–Trinajstić information content (AvgIpc) is 2.91. The van der Waals surface area contributed by atoms with E-state index in [1.165, 1.54) is 18.4 Å². The summed E-state index contributed by atoms with van der Waals surface area (Å²) < 4.78 is 0. The minimum atomic E-state index is -0.707. The van der Waals surface area contributed by atoms with E-state index in [2.05, 4.69) is 30.4 Å². The molecule has 0 spiro atoms. The smallest absolute Gasteiger partial charge is 0.322 e. The van der Waals surface area contributed by atoms with Gasteiger partial charge in [-0.15, -0.1) is 0 Å². The summed E-state index contributed by atoms with van der Waals surface area (Å²) in [4.78, 5) is 26.3. The molecule has 1 aromatic rings. The van der Waals surface area contributed by atoms with Crippen LogP contribution in [0.15, 0.2) is 24.3 Å². The minimum Gasteiger partial charge on any atom is -0.481 e. The van der Waals surface area contributed by atoms with Crippen LogP contribution >= 0.6 is 0 Å². The van der Waals surface area contributed by atoms with E-state index < -0.39 is 5.97 Å². The number of urea groups is 1. The van der Waals surface area contributed by atoms with Gasteiger partial charge in [0, 0.05) is 23.2 Å². The lowest BCUT2D eigenvalue weighted by atomic mass is 9.69. The predicted molar refractivity (Wildman–Crippen MR) is 100 cm³/mol. The minimum absolute atomic E-state index is 0.00755. The van der Waals surface area contributed by atoms with Gasteiger partial charge in [-0.1, -0.05) is 38.0 Å². The normalized spacial score (nSPS) is 33.3. The van der Waals surface area contributed by atoms with Gasteiger partial charge in [0.1, 0.15) is 0 Å². The molecule has 26 heavy (non-hydrogen) atoms. The van der Waals surface area contributed by atoms with Crippen molar-refractivity contribution in [1.29, 1.82) is 0 Å². The van der Waals surface area contributed by atoms with E-state index in [0.29, 0.717) is 12.8 Å². The van der Waals surface area contributed by atoms with E-state index in [1.807, 2.05) is 11.0 Å². The Morgan fingerprint density at radius 1 is 1.12 bits per heavy atom. The molecule has 1 aliphatic heterocycles. The summed E-state index contributed by atoms with van der Waals surface area (Å²) in [6, 6.07) is 8.64. The number of carboxylic acid groups (broad SMARTS) is 1. The summed E-state index contributed by atoms with van der Waals surface area (Å²) in [6.45, 7) is 2.31. The fraction of sp³-hybridized carbons (Fsp3) is 0.619. The molecular weight excluding hydrogens is 328 g/mol. The molecule has 2 amide bonds. The fourth-order valence-corrected chi connectivity index (χ4v) is 5.36. The molecule has 2 N–H and O–H groups in total. The molecule has 0 radical (unpaired) electrons. The summed E-state index contributed by atoms with van der Waals surface area (Å²) in [5, 5.41) is 12.4. The number of benzene rings is 1. The van der Waals surface area contributed by atoms with Crippen LogP contribution < -0.4 is 10.2 Å². The molecule has 5 nitrogen and oxygen atoms in total. The quantitative estimate of drug-likeness (QED) is 0.839. The Bertz CT molecular complexity index is 711. The zero-order chi connectivity index (χ0) is 18.3. The van der Waals surface area contributed by atoms with Crippen molar-refractivity contribution in [2.45, 2.75) is 75.8 Å². The Hall–Kier alpha value is -2.04. The van der Waals surface area contributed by atoms with Crippen molar-refractivity contribution in [2.24, 2.45) is 5.92 Å². The average molecular weight is 356 g/mol. The Labute approximate surface area is 154 Å². The van der Waals surface area contributed by atoms with Crippen LogP contribution in [0.25, 0.3) is 0 Å². The first-order chi connectivity index (χ1) is 12.5. The monoisotopic (exact) mass is 356 g/mol. The maximum absolute atomic E-state index is 13.2. The van der Waals surface area contributed by atoms with Gasteiger partial charge in [0.25, 0.3) is 0 Å². The number of fused-ring (bicyclic) bond motifs is 3. The molecule has 0 saturated heterocycles. The molecule has 140 valence electrons. The van der Waals surface area contributed by atoms with Gasteiger partial charge in [0.05, 0.1) is 5.92 Å². The van der Waals surface area contributed by atoms with Crippen molar-refractivity contribution in [3.05, 3.63) is 29.8 Å². The van der Waals surface area contributed by atoms with E-state index in [0.717, 1.165) is 31.4 Å². The maximum Gasteiger partial charge on any atom is 0.322 e. The largest absolute Gasteiger partial charge is 0.481 e. The molecule has 2 fully saturated rings. The van der Waals surface area contributed by atoms with Gasteiger partial charge < -0.3 is 10.4 Å². The van der Waals surface area contributed by atoms with E-state index in [4.69, 9.17) is 5.11 Å². The zero-order valence-corrected chi connectivity index (χ0v) is 15.4. The molecular formula is C21H28N2O3. The van der Waals surface area contributed by atoms with Crippen LogP contribution in [0.3, 0.4) is 0 Å². The number of hydrogen-bond donors (Lipinski definition) is 2. The van der Waals surface area contributed by atoms with E-state index in [9.17, 15) is 9.59 Å². The van der Waals surface area contributed by atoms with Gasteiger partial charge in [-0.3, -0.25) is 9.69 Å². The van der Waals surface area contributed by atoms with Crippen LogP contribution in [-0.2, 0) is 10.2 Å². The third-order valence-corrected chi connectivity index (χ3v) is 6.87. The molecule has 4 rings (SSSR count). The standard InChI is InChI=1S/C21H28N2O3/c1-21-13-5-4-8-18(21)23(17-7-3-2-6-16(17)21)20(26)22-15-11-9-14(10-12-15)19(24)25/h2-3,6-7,14-15,18H,4-5,8-13H2,1H3,(H,22,26)(H,24,25)/t14?,15?,18-,21-/m0/s1. The molecule has 0 unspecified atom stereocenters. The Morgan fingerprint density at radius 3 is 2.58 bits per heavy atom. The molecule has 3 aliphatic rings. The molecule has 1 heterocycles. The van der Waals surface area contributed by atoms with Crippen LogP contribution in [0.5, 0.6) is 0 Å². The van der Waals surface area contributed by atoms with E-state index in [1.54, 1.807) is 0 Å². The topological polar surface area (TPSA) is 69.6 Å². The molecule has 1 aromatic carbocycles. The van der Waals surface area contributed by atoms with Crippen LogP contribution in [0, 0.1) is 5.92 Å². The Kier molecular flexibility index (Phi) is 4.41. The van der Waals surface area contributed by atoms with Gasteiger partial charge in [-0.05, 0) is 50.2 Å². The lowest BCUT2D eigenvalue weighted by Gasteiger charge is -2.40. The molecule has 5 heteroatoms. The van der Waals surface area contributed by atoms with Gasteiger partial charge >= 0.3 is 12.0 Å². The van der Waals surface area contributed by atoms with Gasteiger partial charge in [0.2, 0.25) is 0 Å². The molecule has 0 aromatic heterocycles. The van der Waals surface area contributed by atoms with Crippen LogP contribution in [0.1, 0.15) is 63.9 Å². The number of rotatable bonds is 2. The Morgan fingerprint density at radius 2 is 1.85 bits per heavy atom. The number of carboxylic acids is 1. The first-order valence-electron chi connectivity index (χ1n) is 9.93. The second kappa shape index (κ2) is 6.60. The zero-order valence-electron chi connectivity index (χ0n) is 15.4. The second-order valence-corrected chi connectivity index (χ2v) is 8.40. The third kappa shape index (κ3) is 2.78. The number of hydrogen-bond acceptors (Lipinski definition) is 2. The number of carbonyl (C=O) groups excluding carboxylic acids is 1. The highest BCUT2D eigenvalue weighted by atomic mass is 16.4. The third-order valence-electron chi connectivity index (χ3n) is 6.87. The van der Waals surface area contributed by atoms with Crippen LogP contribution in [-0.4, -0.2) is 29.2 Å². The highest BCUT2D eigenvalue weighted by Crippen LogP contribution is 2.51. The van der Waals surface area contributed by atoms with E-state index in [-0.39, 0.29) is 29.4 Å². The fourth-order valence-electron chi connectivity index (χ4n) is 5.36. The summed E-state index contributed by atoms with van der Waals surface area (Å²) in [7, 11) is 0. The lowest BCUT2D eigenvalue weighted by molar-refractivity contribution is -0.142. The lowest BCUT2D eigenvalue weighted by Crippen LogP contribution is -2.53. The number of carbonyl (C=O) groups is 2. The number of anilines is 1. The van der Waals surface area contributed by atoms with Crippen molar-refractivity contribution < 1.29 is 14.7 Å². The summed E-state index contributed by atoms with van der Waals surface area (Å²) in [5.74, 6) is -0.960. The second-order valence-electron chi connectivity index (χ2n) is 8.40. The van der Waals surface area contributed by atoms with Crippen LogP contribution in [0.4, 0.5) is 10.5 Å². The van der Waals surface area contributed by atoms with Crippen molar-refractivity contribution in [1.82, 2.24) is 5.32 Å². The molecule has 2 atom stereocenters. The summed E-state index contributed by atoms with van der Waals surface area (Å²) in [6.07, 6.45) is 7.36. The number of nitrogens with zero attached hydrogens (tertiary/aromatic N) is 1. The van der Waals surface area contributed by atoms with Gasteiger partial charge in [-0.2, -0.15) is 0 Å². The van der Waals surface area contributed by atoms with Crippen molar-refractivity contribution >= 4 is 17.7 Å². The maximum atomic E-state index is 13.2. The summed E-state index contributed by atoms with van der Waals surface area (Å²) >= 11 is 0. The van der Waals surface area contributed by atoms with Crippen LogP contribution in [0.2, 0.25) is 0 Å². The van der Waals surface area contributed by atoms with Crippen molar-refractivity contribution in [3.8, 4) is 0 Å². The SMILES string of the molecule is C[C@@]12CCCC[C@@H]1N(C(=O)NC1CCC(C(=O)O)CC1)c1ccccc12. The summed E-state index contributed by atoms with van der Waals surface area (Å²) in [5.41, 5.74) is 2.40. The first-order valence-corrected chi connectivity index (χ1v) is 9.93. The van der Waals surface area contributed by atoms with Gasteiger partial charge in [0.15, 0.2) is 0 Å². The highest BCUT2D eigenvalue weighted by Gasteiger charge is 2.50. The van der Waals surface area contributed by atoms with E-state index >= 15 is 0 Å². The first kappa shape index (κ1) is 17.4. The molecule has 0 bridgehead atoms. The molecule has 2 aliphatic carbocycles. The predicted octanol–water partition coefficient (Wildman–Crippen LogP) is 4.06.